The lowest BCUT2D eigenvalue weighted by Crippen LogP contribution is -2.53. The fourth-order valence-electron chi connectivity index (χ4n) is 3.53. The first-order chi connectivity index (χ1) is 14.5. The summed E-state index contributed by atoms with van der Waals surface area (Å²) in [5.74, 6) is -0.633. The fraction of sp³-hybridized carbons (Fsp3) is 0.333. The van der Waals surface area contributed by atoms with E-state index < -0.39 is 17.8 Å². The van der Waals surface area contributed by atoms with Crippen molar-refractivity contribution in [3.8, 4) is 5.75 Å². The van der Waals surface area contributed by atoms with Gasteiger partial charge in [0.1, 0.15) is 11.6 Å². The highest BCUT2D eigenvalue weighted by atomic mass is 35.5. The van der Waals surface area contributed by atoms with Crippen LogP contribution in [0.2, 0.25) is 5.02 Å². The Hall–Kier alpha value is -2.84. The van der Waals surface area contributed by atoms with Gasteiger partial charge in [0.15, 0.2) is 6.10 Å². The van der Waals surface area contributed by atoms with E-state index in [1.807, 2.05) is 18.2 Å². The lowest BCUT2D eigenvalue weighted by molar-refractivity contribution is -0.142. The van der Waals surface area contributed by atoms with E-state index in [0.29, 0.717) is 37.7 Å². The van der Waals surface area contributed by atoms with Crippen LogP contribution in [-0.2, 0) is 14.3 Å². The Kier molecular flexibility index (Phi) is 6.06. The summed E-state index contributed by atoms with van der Waals surface area (Å²) in [6, 6.07) is 11.3. The van der Waals surface area contributed by atoms with Gasteiger partial charge in [0.25, 0.3) is 5.91 Å². The van der Waals surface area contributed by atoms with Crippen LogP contribution in [0.25, 0.3) is 0 Å². The molecule has 2 aromatic rings. The lowest BCUT2D eigenvalue weighted by Gasteiger charge is -2.38. The molecule has 2 heterocycles. The van der Waals surface area contributed by atoms with Crippen molar-refractivity contribution in [3.05, 3.63) is 53.3 Å². The number of anilines is 2. The molecular formula is C21H21ClFN3O4. The van der Waals surface area contributed by atoms with Gasteiger partial charge in [-0.2, -0.15) is 0 Å². The highest BCUT2D eigenvalue weighted by molar-refractivity contribution is 6.30. The van der Waals surface area contributed by atoms with Crippen molar-refractivity contribution in [2.75, 3.05) is 49.6 Å². The summed E-state index contributed by atoms with van der Waals surface area (Å²) >= 11 is 5.76. The summed E-state index contributed by atoms with van der Waals surface area (Å²) < 4.78 is 25.2. The molecule has 30 heavy (non-hydrogen) atoms. The van der Waals surface area contributed by atoms with Crippen LogP contribution in [0, 0.1) is 5.82 Å². The smallest absolute Gasteiger partial charge is 0.265 e. The molecule has 9 heteroatoms. The number of fused-ring (bicyclic) bond motifs is 1. The van der Waals surface area contributed by atoms with Crippen molar-refractivity contribution in [2.45, 2.75) is 6.10 Å². The zero-order valence-electron chi connectivity index (χ0n) is 16.1. The number of nitrogens with zero attached hydrogens (tertiary/aromatic N) is 2. The second-order valence-corrected chi connectivity index (χ2v) is 7.50. The third-order valence-corrected chi connectivity index (χ3v) is 5.23. The second-order valence-electron chi connectivity index (χ2n) is 7.06. The van der Waals surface area contributed by atoms with E-state index in [2.05, 4.69) is 5.32 Å². The minimum atomic E-state index is -0.738. The molecule has 2 aliphatic heterocycles. The maximum absolute atomic E-state index is 14.0. The number of rotatable bonds is 4. The number of morpholine rings is 1. The van der Waals surface area contributed by atoms with Crippen LogP contribution in [0.4, 0.5) is 15.8 Å². The molecule has 0 spiro atoms. The average Bonchev–Trinajstić information content (AvgIpc) is 2.75. The van der Waals surface area contributed by atoms with Crippen LogP contribution in [0.3, 0.4) is 0 Å². The van der Waals surface area contributed by atoms with Gasteiger partial charge < -0.3 is 24.6 Å². The van der Waals surface area contributed by atoms with Crippen molar-refractivity contribution >= 4 is 34.8 Å². The third-order valence-electron chi connectivity index (χ3n) is 5.00. The first-order valence-corrected chi connectivity index (χ1v) is 10.0. The molecule has 4 rings (SSSR count). The first kappa shape index (κ1) is 20.4. The highest BCUT2D eigenvalue weighted by Gasteiger charge is 2.34. The van der Waals surface area contributed by atoms with E-state index in [9.17, 15) is 14.0 Å². The van der Waals surface area contributed by atoms with E-state index in [4.69, 9.17) is 21.1 Å². The molecule has 0 bridgehead atoms. The molecular weight excluding hydrogens is 413 g/mol. The van der Waals surface area contributed by atoms with Gasteiger partial charge in [0, 0.05) is 18.1 Å². The summed E-state index contributed by atoms with van der Waals surface area (Å²) in [7, 11) is 0. The number of para-hydroxylation sites is 2. The van der Waals surface area contributed by atoms with E-state index in [1.54, 1.807) is 15.9 Å². The van der Waals surface area contributed by atoms with Gasteiger partial charge in [-0.1, -0.05) is 23.7 Å². The maximum atomic E-state index is 14.0. The van der Waals surface area contributed by atoms with Crippen LogP contribution in [-0.4, -0.2) is 62.2 Å². The standard InChI is InChI=1S/C21H21ClFN3O4/c22-14-5-6-16(15(23)11-14)24-20(27)13-26-12-19(21(28)25-7-9-29-10-8-25)30-18-4-2-1-3-17(18)26/h1-6,11,19H,7-10,12-13H2,(H,24,27). The van der Waals surface area contributed by atoms with E-state index >= 15 is 0 Å². The Morgan fingerprint density at radius 1 is 1.17 bits per heavy atom. The number of carbonyl (C=O) groups excluding carboxylic acids is 2. The largest absolute Gasteiger partial charge is 0.477 e. The molecule has 0 radical (unpaired) electrons. The quantitative estimate of drug-likeness (QED) is 0.802. The van der Waals surface area contributed by atoms with Crippen LogP contribution in [0.1, 0.15) is 0 Å². The number of amides is 2. The monoisotopic (exact) mass is 433 g/mol. The highest BCUT2D eigenvalue weighted by Crippen LogP contribution is 2.33. The van der Waals surface area contributed by atoms with Crippen LogP contribution in [0.5, 0.6) is 5.75 Å². The minimum absolute atomic E-state index is 0.0480. The molecule has 1 unspecified atom stereocenters. The zero-order valence-corrected chi connectivity index (χ0v) is 16.9. The van der Waals surface area contributed by atoms with Crippen molar-refractivity contribution in [3.63, 3.8) is 0 Å². The molecule has 1 saturated heterocycles. The summed E-state index contributed by atoms with van der Waals surface area (Å²) in [6.07, 6.45) is -0.738. The number of hydrogen-bond acceptors (Lipinski definition) is 5. The second kappa shape index (κ2) is 8.89. The molecule has 2 aromatic carbocycles. The van der Waals surface area contributed by atoms with Crippen LogP contribution >= 0.6 is 11.6 Å². The molecule has 7 nitrogen and oxygen atoms in total. The van der Waals surface area contributed by atoms with E-state index in [1.165, 1.54) is 12.1 Å². The number of benzene rings is 2. The van der Waals surface area contributed by atoms with Gasteiger partial charge >= 0.3 is 0 Å². The summed E-state index contributed by atoms with van der Waals surface area (Å²) in [4.78, 5) is 29.0. The Balaban J connectivity index is 1.49. The van der Waals surface area contributed by atoms with E-state index in [0.717, 1.165) is 6.07 Å². The summed E-state index contributed by atoms with van der Waals surface area (Å²) in [6.45, 7) is 2.16. The Morgan fingerprint density at radius 2 is 1.93 bits per heavy atom. The number of ether oxygens (including phenoxy) is 2. The Bertz CT molecular complexity index is 952. The molecule has 0 aromatic heterocycles. The van der Waals surface area contributed by atoms with Crippen molar-refractivity contribution in [1.29, 1.82) is 0 Å². The van der Waals surface area contributed by atoms with Gasteiger partial charge in [-0.15, -0.1) is 0 Å². The molecule has 1 atom stereocenters. The van der Waals surface area contributed by atoms with Gasteiger partial charge in [0.2, 0.25) is 5.91 Å². The minimum Gasteiger partial charge on any atom is -0.477 e. The zero-order chi connectivity index (χ0) is 21.1. The molecule has 158 valence electrons. The predicted molar refractivity (Wildman–Crippen MR) is 111 cm³/mol. The van der Waals surface area contributed by atoms with Crippen molar-refractivity contribution in [1.82, 2.24) is 4.90 Å². The summed E-state index contributed by atoms with van der Waals surface area (Å²) in [5, 5.41) is 2.80. The third kappa shape index (κ3) is 4.49. The topological polar surface area (TPSA) is 71.1 Å². The molecule has 1 fully saturated rings. The van der Waals surface area contributed by atoms with Gasteiger partial charge in [-0.3, -0.25) is 9.59 Å². The average molecular weight is 434 g/mol. The normalized spacial score (nSPS) is 18.4. The van der Waals surface area contributed by atoms with Crippen LogP contribution in [0.15, 0.2) is 42.5 Å². The van der Waals surface area contributed by atoms with Crippen molar-refractivity contribution in [2.24, 2.45) is 0 Å². The maximum Gasteiger partial charge on any atom is 0.265 e. The fourth-order valence-corrected chi connectivity index (χ4v) is 3.69. The predicted octanol–water partition coefficient (Wildman–Crippen LogP) is 2.54. The molecule has 0 aliphatic carbocycles. The van der Waals surface area contributed by atoms with Crippen LogP contribution < -0.4 is 15.0 Å². The number of hydrogen-bond donors (Lipinski definition) is 1. The summed E-state index contributed by atoms with van der Waals surface area (Å²) in [5.41, 5.74) is 0.752. The number of carbonyl (C=O) groups is 2. The SMILES string of the molecule is O=C(CN1CC(C(=O)N2CCOCC2)Oc2ccccc21)Nc1ccc(Cl)cc1F. The molecule has 0 saturated carbocycles. The van der Waals surface area contributed by atoms with Gasteiger partial charge in [0.05, 0.1) is 37.7 Å². The van der Waals surface area contributed by atoms with Gasteiger partial charge in [-0.05, 0) is 30.3 Å². The number of nitrogens with one attached hydrogen (secondary N) is 1. The first-order valence-electron chi connectivity index (χ1n) is 9.63. The Labute approximate surface area is 178 Å². The molecule has 2 aliphatic rings. The Morgan fingerprint density at radius 3 is 2.70 bits per heavy atom. The lowest BCUT2D eigenvalue weighted by atomic mass is 10.1. The molecule has 1 N–H and O–H groups in total. The van der Waals surface area contributed by atoms with Crippen molar-refractivity contribution < 1.29 is 23.5 Å². The number of halogens is 2. The molecule has 2 amide bonds. The van der Waals surface area contributed by atoms with Gasteiger partial charge in [-0.25, -0.2) is 4.39 Å². The van der Waals surface area contributed by atoms with E-state index in [-0.39, 0.29) is 29.7 Å².